The quantitative estimate of drug-likeness (QED) is 0.512. The fourth-order valence-electron chi connectivity index (χ4n) is 3.32. The van der Waals surface area contributed by atoms with E-state index < -0.39 is 17.7 Å². The van der Waals surface area contributed by atoms with Gasteiger partial charge in [0.1, 0.15) is 5.76 Å². The van der Waals surface area contributed by atoms with Crippen LogP contribution < -0.4 is 5.32 Å². The molecule has 0 spiro atoms. The Kier molecular flexibility index (Phi) is 3.56. The highest BCUT2D eigenvalue weighted by molar-refractivity contribution is 6.15. The second kappa shape index (κ2) is 5.65. The number of rotatable bonds is 2. The van der Waals surface area contributed by atoms with Crippen LogP contribution in [0.15, 0.2) is 34.4 Å². The monoisotopic (exact) mass is 341 g/mol. The fourth-order valence-corrected chi connectivity index (χ4v) is 3.32. The topological polar surface area (TPSA) is 77.8 Å². The van der Waals surface area contributed by atoms with Crippen LogP contribution in [-0.4, -0.2) is 17.7 Å². The summed E-state index contributed by atoms with van der Waals surface area (Å²) in [7, 11) is 0. The van der Waals surface area contributed by atoms with E-state index in [0.717, 1.165) is 42.4 Å². The summed E-state index contributed by atoms with van der Waals surface area (Å²) in [6, 6.07) is 5.80. The number of carbonyl (C=O) groups is 2. The number of esters is 2. The summed E-state index contributed by atoms with van der Waals surface area (Å²) < 4.78 is 16.2. The maximum atomic E-state index is 12.0. The fraction of sp³-hybridized carbons (Fsp3) is 0.368. The van der Waals surface area contributed by atoms with Crippen LogP contribution in [0.25, 0.3) is 11.0 Å². The van der Waals surface area contributed by atoms with E-state index in [9.17, 15) is 9.59 Å². The molecule has 1 N–H and O–H groups in total. The Bertz CT molecular complexity index is 884. The standard InChI is InChI=1S/C19H19NO5/c1-19(2)24-17(21)13(18(22)25-19)10-20-14-8-5-7-12-11-6-3-4-9-15(11)23-16(12)14/h5,7-8,10,20H,3-4,6,9H2,1-2H3. The summed E-state index contributed by atoms with van der Waals surface area (Å²) in [6.45, 7) is 3.03. The van der Waals surface area contributed by atoms with Gasteiger partial charge in [-0.25, -0.2) is 9.59 Å². The molecule has 0 saturated carbocycles. The van der Waals surface area contributed by atoms with Crippen LogP contribution in [0.3, 0.4) is 0 Å². The first kappa shape index (κ1) is 15.7. The zero-order valence-electron chi connectivity index (χ0n) is 14.2. The number of ether oxygens (including phenoxy) is 2. The Labute approximate surface area is 144 Å². The summed E-state index contributed by atoms with van der Waals surface area (Å²) in [5.74, 6) is -1.63. The van der Waals surface area contributed by atoms with Gasteiger partial charge >= 0.3 is 11.9 Å². The molecule has 4 rings (SSSR count). The first-order valence-corrected chi connectivity index (χ1v) is 8.41. The maximum Gasteiger partial charge on any atom is 0.350 e. The van der Waals surface area contributed by atoms with E-state index in [1.54, 1.807) is 0 Å². The number of aryl methyl sites for hydroxylation is 2. The van der Waals surface area contributed by atoms with Crippen molar-refractivity contribution in [2.75, 3.05) is 5.32 Å². The third-order valence-corrected chi connectivity index (χ3v) is 4.47. The molecule has 0 radical (unpaired) electrons. The molecule has 0 amide bonds. The Morgan fingerprint density at radius 2 is 1.80 bits per heavy atom. The lowest BCUT2D eigenvalue weighted by Crippen LogP contribution is -2.42. The summed E-state index contributed by atoms with van der Waals surface area (Å²) in [5.41, 5.74) is 2.53. The highest BCUT2D eigenvalue weighted by atomic mass is 16.7. The molecular formula is C19H19NO5. The Hall–Kier alpha value is -2.76. The predicted molar refractivity (Wildman–Crippen MR) is 90.8 cm³/mol. The lowest BCUT2D eigenvalue weighted by atomic mass is 9.96. The molecule has 1 aliphatic carbocycles. The van der Waals surface area contributed by atoms with Crippen molar-refractivity contribution in [3.05, 3.63) is 41.3 Å². The molecule has 1 aliphatic heterocycles. The highest BCUT2D eigenvalue weighted by Crippen LogP contribution is 2.35. The molecule has 0 unspecified atom stereocenters. The van der Waals surface area contributed by atoms with Crippen LogP contribution in [0.2, 0.25) is 0 Å². The molecule has 6 nitrogen and oxygen atoms in total. The molecule has 1 fully saturated rings. The van der Waals surface area contributed by atoms with Gasteiger partial charge in [0.25, 0.3) is 5.79 Å². The third-order valence-electron chi connectivity index (χ3n) is 4.47. The Morgan fingerprint density at radius 1 is 1.08 bits per heavy atom. The highest BCUT2D eigenvalue weighted by Gasteiger charge is 2.39. The van der Waals surface area contributed by atoms with Crippen LogP contribution >= 0.6 is 0 Å². The van der Waals surface area contributed by atoms with E-state index >= 15 is 0 Å². The predicted octanol–water partition coefficient (Wildman–Crippen LogP) is 3.44. The molecule has 0 bridgehead atoms. The molecule has 6 heteroatoms. The molecule has 2 aromatic rings. The first-order chi connectivity index (χ1) is 11.9. The van der Waals surface area contributed by atoms with Gasteiger partial charge in [-0.3, -0.25) is 0 Å². The lowest BCUT2D eigenvalue weighted by Gasteiger charge is -2.29. The van der Waals surface area contributed by atoms with Gasteiger partial charge in [0, 0.05) is 37.4 Å². The zero-order chi connectivity index (χ0) is 17.6. The zero-order valence-corrected chi connectivity index (χ0v) is 14.2. The van der Waals surface area contributed by atoms with E-state index in [2.05, 4.69) is 5.32 Å². The van der Waals surface area contributed by atoms with Gasteiger partial charge in [-0.1, -0.05) is 12.1 Å². The minimum Gasteiger partial charge on any atom is -0.459 e. The van der Waals surface area contributed by atoms with Gasteiger partial charge < -0.3 is 19.2 Å². The molecule has 0 atom stereocenters. The molecule has 130 valence electrons. The van der Waals surface area contributed by atoms with E-state index in [0.29, 0.717) is 5.69 Å². The maximum absolute atomic E-state index is 12.0. The number of fused-ring (bicyclic) bond motifs is 3. The number of furan rings is 1. The molecular weight excluding hydrogens is 322 g/mol. The number of hydrogen-bond donors (Lipinski definition) is 1. The molecule has 2 heterocycles. The van der Waals surface area contributed by atoms with Crippen LogP contribution in [0.5, 0.6) is 0 Å². The van der Waals surface area contributed by atoms with E-state index in [1.165, 1.54) is 25.6 Å². The average Bonchev–Trinajstić information content (AvgIpc) is 2.92. The summed E-state index contributed by atoms with van der Waals surface area (Å²) in [6.07, 6.45) is 5.57. The molecule has 1 saturated heterocycles. The van der Waals surface area contributed by atoms with Gasteiger partial charge in [-0.15, -0.1) is 0 Å². The molecule has 2 aliphatic rings. The van der Waals surface area contributed by atoms with Gasteiger partial charge in [0.05, 0.1) is 5.69 Å². The lowest BCUT2D eigenvalue weighted by molar-refractivity contribution is -0.222. The smallest absolute Gasteiger partial charge is 0.350 e. The van der Waals surface area contributed by atoms with E-state index in [1.807, 2.05) is 18.2 Å². The van der Waals surface area contributed by atoms with Gasteiger partial charge in [-0.05, 0) is 25.3 Å². The van der Waals surface area contributed by atoms with Crippen molar-refractivity contribution in [2.24, 2.45) is 0 Å². The van der Waals surface area contributed by atoms with Gasteiger partial charge in [0.15, 0.2) is 11.2 Å². The van der Waals surface area contributed by atoms with Crippen molar-refractivity contribution in [3.63, 3.8) is 0 Å². The minimum absolute atomic E-state index is 0.173. The number of carbonyl (C=O) groups excluding carboxylic acids is 2. The minimum atomic E-state index is -1.24. The van der Waals surface area contributed by atoms with Crippen molar-refractivity contribution in [1.82, 2.24) is 0 Å². The normalized spacial score (nSPS) is 19.2. The molecule has 1 aromatic heterocycles. The van der Waals surface area contributed by atoms with Crippen molar-refractivity contribution in [1.29, 1.82) is 0 Å². The number of anilines is 1. The SMILES string of the molecule is CC1(C)OC(=O)C(=CNc2cccc3c4c(oc23)CCCC4)C(=O)O1. The van der Waals surface area contributed by atoms with Crippen molar-refractivity contribution in [2.45, 2.75) is 45.3 Å². The summed E-state index contributed by atoms with van der Waals surface area (Å²) in [4.78, 5) is 24.0. The average molecular weight is 341 g/mol. The van der Waals surface area contributed by atoms with E-state index in [-0.39, 0.29) is 5.57 Å². The number of para-hydroxylation sites is 1. The number of benzene rings is 1. The second-order valence-corrected chi connectivity index (χ2v) is 6.77. The molecule has 1 aromatic carbocycles. The number of hydrogen-bond acceptors (Lipinski definition) is 6. The Balaban J connectivity index is 1.66. The number of nitrogens with one attached hydrogen (secondary N) is 1. The van der Waals surface area contributed by atoms with Gasteiger partial charge in [0.2, 0.25) is 0 Å². The first-order valence-electron chi connectivity index (χ1n) is 8.41. The van der Waals surface area contributed by atoms with Crippen molar-refractivity contribution >= 4 is 28.6 Å². The van der Waals surface area contributed by atoms with Crippen LogP contribution in [0, 0.1) is 0 Å². The van der Waals surface area contributed by atoms with Crippen LogP contribution in [0.1, 0.15) is 38.0 Å². The largest absolute Gasteiger partial charge is 0.459 e. The van der Waals surface area contributed by atoms with Crippen LogP contribution in [-0.2, 0) is 31.9 Å². The summed E-state index contributed by atoms with van der Waals surface area (Å²) >= 11 is 0. The van der Waals surface area contributed by atoms with Crippen LogP contribution in [0.4, 0.5) is 5.69 Å². The van der Waals surface area contributed by atoms with Gasteiger partial charge in [-0.2, -0.15) is 0 Å². The van der Waals surface area contributed by atoms with Crippen molar-refractivity contribution in [3.8, 4) is 0 Å². The van der Waals surface area contributed by atoms with Crippen molar-refractivity contribution < 1.29 is 23.5 Å². The third kappa shape index (κ3) is 2.77. The van der Waals surface area contributed by atoms with E-state index in [4.69, 9.17) is 13.9 Å². The number of cyclic esters (lactones) is 2. The molecule has 25 heavy (non-hydrogen) atoms. The Morgan fingerprint density at radius 3 is 2.56 bits per heavy atom. The second-order valence-electron chi connectivity index (χ2n) is 6.77. The summed E-state index contributed by atoms with van der Waals surface area (Å²) in [5, 5.41) is 4.07.